The van der Waals surface area contributed by atoms with Crippen molar-refractivity contribution in [3.05, 3.63) is 30.0 Å². The zero-order chi connectivity index (χ0) is 13.1. The van der Waals surface area contributed by atoms with Crippen molar-refractivity contribution in [3.8, 4) is 17.0 Å². The lowest BCUT2D eigenvalue weighted by Gasteiger charge is -2.04. The van der Waals surface area contributed by atoms with Crippen LogP contribution in [0.2, 0.25) is 0 Å². The van der Waals surface area contributed by atoms with E-state index in [0.29, 0.717) is 5.56 Å². The summed E-state index contributed by atoms with van der Waals surface area (Å²) in [5.74, 6) is -0.718. The maximum absolute atomic E-state index is 12.0. The molecule has 0 aliphatic heterocycles. The lowest BCUT2D eigenvalue weighted by atomic mass is 10.1. The van der Waals surface area contributed by atoms with Crippen molar-refractivity contribution >= 4 is 5.91 Å². The van der Waals surface area contributed by atoms with E-state index in [-0.39, 0.29) is 17.1 Å². The first-order chi connectivity index (χ1) is 8.58. The van der Waals surface area contributed by atoms with Gasteiger partial charge in [0.1, 0.15) is 11.4 Å². The number of halogens is 2. The quantitative estimate of drug-likeness (QED) is 0.856. The highest BCUT2D eigenvalue weighted by Gasteiger charge is 2.15. The highest BCUT2D eigenvalue weighted by molar-refractivity contribution is 5.96. The predicted octanol–water partition coefficient (Wildman–Crippen LogP) is 1.17. The number of hydrogen-bond donors (Lipinski definition) is 2. The fourth-order valence-electron chi connectivity index (χ4n) is 1.40. The monoisotopic (exact) mass is 254 g/mol. The highest BCUT2D eigenvalue weighted by Crippen LogP contribution is 2.23. The van der Waals surface area contributed by atoms with Gasteiger partial charge in [0.25, 0.3) is 5.91 Å². The third-order valence-electron chi connectivity index (χ3n) is 2.13. The van der Waals surface area contributed by atoms with Crippen molar-refractivity contribution in [2.75, 3.05) is 0 Å². The molecule has 3 N–H and O–H groups in total. The molecule has 0 bridgehead atoms. The Balaban J connectivity index is 2.29. The lowest BCUT2D eigenvalue weighted by Crippen LogP contribution is -2.12. The van der Waals surface area contributed by atoms with Gasteiger partial charge in [-0.1, -0.05) is 0 Å². The van der Waals surface area contributed by atoms with E-state index in [0.717, 1.165) is 0 Å². The summed E-state index contributed by atoms with van der Waals surface area (Å²) in [6, 6.07) is 5.62. The number of nitrogens with one attached hydrogen (secondary N) is 1. The average molecular weight is 254 g/mol. The van der Waals surface area contributed by atoms with Crippen molar-refractivity contribution in [2.45, 2.75) is 6.61 Å². The molecule has 1 aromatic carbocycles. The molecular weight excluding hydrogens is 246 g/mol. The number of amides is 1. The molecular formula is C10H8F2N4O2. The number of carbonyl (C=O) groups excluding carboxylic acids is 1. The Hall–Kier alpha value is -2.51. The minimum atomic E-state index is -2.89. The Morgan fingerprint density at radius 1 is 1.28 bits per heavy atom. The van der Waals surface area contributed by atoms with Gasteiger partial charge < -0.3 is 10.5 Å². The van der Waals surface area contributed by atoms with Crippen molar-refractivity contribution < 1.29 is 18.3 Å². The summed E-state index contributed by atoms with van der Waals surface area (Å²) in [7, 11) is 0. The molecule has 0 unspecified atom stereocenters. The number of ether oxygens (including phenoxy) is 1. The first-order valence-corrected chi connectivity index (χ1v) is 4.83. The van der Waals surface area contributed by atoms with Gasteiger partial charge in [-0.25, -0.2) is 0 Å². The molecule has 1 amide bonds. The van der Waals surface area contributed by atoms with Gasteiger partial charge in [-0.3, -0.25) is 4.79 Å². The van der Waals surface area contributed by atoms with Crippen LogP contribution >= 0.6 is 0 Å². The van der Waals surface area contributed by atoms with Crippen molar-refractivity contribution in [3.63, 3.8) is 0 Å². The van der Waals surface area contributed by atoms with Crippen LogP contribution in [0.25, 0.3) is 11.3 Å². The predicted molar refractivity (Wildman–Crippen MR) is 57.0 cm³/mol. The molecule has 6 nitrogen and oxygen atoms in total. The van der Waals surface area contributed by atoms with Crippen LogP contribution in [-0.2, 0) is 0 Å². The van der Waals surface area contributed by atoms with Crippen LogP contribution < -0.4 is 10.5 Å². The number of aromatic nitrogens is 3. The maximum atomic E-state index is 12.0. The number of aromatic amines is 1. The number of H-pyrrole nitrogens is 1. The average Bonchev–Trinajstić information content (AvgIpc) is 2.78. The molecule has 94 valence electrons. The molecule has 2 aromatic rings. The Labute approximate surface area is 99.7 Å². The largest absolute Gasteiger partial charge is 0.435 e. The molecule has 8 heteroatoms. The van der Waals surface area contributed by atoms with Crippen LogP contribution in [0, 0.1) is 0 Å². The molecule has 0 radical (unpaired) electrons. The summed E-state index contributed by atoms with van der Waals surface area (Å²) in [5.41, 5.74) is 5.86. The fraction of sp³-hybridized carbons (Fsp3) is 0.100. The van der Waals surface area contributed by atoms with Crippen molar-refractivity contribution in [1.29, 1.82) is 0 Å². The third-order valence-corrected chi connectivity index (χ3v) is 2.13. The second kappa shape index (κ2) is 4.78. The van der Waals surface area contributed by atoms with Gasteiger partial charge in [-0.2, -0.15) is 24.2 Å². The second-order valence-corrected chi connectivity index (χ2v) is 3.29. The van der Waals surface area contributed by atoms with Crippen LogP contribution in [0.1, 0.15) is 10.5 Å². The van der Waals surface area contributed by atoms with E-state index in [1.165, 1.54) is 24.3 Å². The molecule has 0 saturated heterocycles. The highest BCUT2D eigenvalue weighted by atomic mass is 19.3. The molecule has 0 fully saturated rings. The Morgan fingerprint density at radius 3 is 2.50 bits per heavy atom. The van der Waals surface area contributed by atoms with Gasteiger partial charge in [0, 0.05) is 5.56 Å². The summed E-state index contributed by atoms with van der Waals surface area (Å²) in [6.45, 7) is -2.89. The van der Waals surface area contributed by atoms with Crippen LogP contribution in [0.15, 0.2) is 24.3 Å². The van der Waals surface area contributed by atoms with Gasteiger partial charge in [0.15, 0.2) is 5.69 Å². The normalized spacial score (nSPS) is 10.6. The molecule has 1 aromatic heterocycles. The molecule has 1 heterocycles. The van der Waals surface area contributed by atoms with Gasteiger partial charge in [-0.15, -0.1) is 0 Å². The summed E-state index contributed by atoms with van der Waals surface area (Å²) in [5, 5.41) is 9.65. The zero-order valence-electron chi connectivity index (χ0n) is 8.93. The number of carbonyl (C=O) groups is 1. The summed E-state index contributed by atoms with van der Waals surface area (Å²) in [6.07, 6.45) is 0. The zero-order valence-corrected chi connectivity index (χ0v) is 8.93. The Morgan fingerprint density at radius 2 is 1.94 bits per heavy atom. The minimum Gasteiger partial charge on any atom is -0.435 e. The molecule has 18 heavy (non-hydrogen) atoms. The standard InChI is InChI=1S/C10H8F2N4O2/c11-10(12)18-6-3-1-5(2-4-6)7-8(9(13)17)15-16-14-7/h1-4,10H,(H2,13,17)(H,14,15,16). The van der Waals surface area contributed by atoms with Gasteiger partial charge in [0.05, 0.1) is 0 Å². The number of nitrogens with two attached hydrogens (primary N) is 1. The van der Waals surface area contributed by atoms with E-state index in [4.69, 9.17) is 5.73 Å². The molecule has 0 saturated carbocycles. The summed E-state index contributed by atoms with van der Waals surface area (Å²) < 4.78 is 28.1. The van der Waals surface area contributed by atoms with Crippen LogP contribution in [0.3, 0.4) is 0 Å². The van der Waals surface area contributed by atoms with Crippen molar-refractivity contribution in [2.24, 2.45) is 5.73 Å². The van der Waals surface area contributed by atoms with E-state index in [1.807, 2.05) is 0 Å². The lowest BCUT2D eigenvalue weighted by molar-refractivity contribution is -0.0498. The maximum Gasteiger partial charge on any atom is 0.387 e. The SMILES string of the molecule is NC(=O)c1n[nH]nc1-c1ccc(OC(F)F)cc1. The number of hydrogen-bond acceptors (Lipinski definition) is 4. The van der Waals surface area contributed by atoms with Crippen LogP contribution in [0.4, 0.5) is 8.78 Å². The molecule has 0 spiro atoms. The molecule has 0 aliphatic rings. The van der Waals surface area contributed by atoms with E-state index in [9.17, 15) is 13.6 Å². The summed E-state index contributed by atoms with van der Waals surface area (Å²) >= 11 is 0. The smallest absolute Gasteiger partial charge is 0.387 e. The van der Waals surface area contributed by atoms with Gasteiger partial charge in [0.2, 0.25) is 0 Å². The number of rotatable bonds is 4. The van der Waals surface area contributed by atoms with Crippen LogP contribution in [0.5, 0.6) is 5.75 Å². The topological polar surface area (TPSA) is 93.9 Å². The first-order valence-electron chi connectivity index (χ1n) is 4.83. The Kier molecular flexibility index (Phi) is 3.18. The second-order valence-electron chi connectivity index (χ2n) is 3.29. The molecule has 2 rings (SSSR count). The van der Waals surface area contributed by atoms with E-state index < -0.39 is 12.5 Å². The van der Waals surface area contributed by atoms with Crippen LogP contribution in [-0.4, -0.2) is 27.9 Å². The number of benzene rings is 1. The van der Waals surface area contributed by atoms with Gasteiger partial charge in [-0.05, 0) is 24.3 Å². The molecule has 0 aliphatic carbocycles. The fourth-order valence-corrected chi connectivity index (χ4v) is 1.40. The van der Waals surface area contributed by atoms with Crippen molar-refractivity contribution in [1.82, 2.24) is 15.4 Å². The number of nitrogens with zero attached hydrogens (tertiary/aromatic N) is 2. The van der Waals surface area contributed by atoms with E-state index in [2.05, 4.69) is 20.1 Å². The minimum absolute atomic E-state index is 0.0119. The molecule has 0 atom stereocenters. The third kappa shape index (κ3) is 2.42. The Bertz CT molecular complexity index is 553. The first kappa shape index (κ1) is 12.0. The van der Waals surface area contributed by atoms with E-state index >= 15 is 0 Å². The number of alkyl halides is 2. The summed E-state index contributed by atoms with van der Waals surface area (Å²) in [4.78, 5) is 11.0. The number of primary amides is 1. The van der Waals surface area contributed by atoms with Gasteiger partial charge >= 0.3 is 6.61 Å². The van der Waals surface area contributed by atoms with E-state index in [1.54, 1.807) is 0 Å².